The van der Waals surface area contributed by atoms with Crippen molar-refractivity contribution >= 4 is 43.5 Å². The fourth-order valence-corrected chi connectivity index (χ4v) is 3.66. The van der Waals surface area contributed by atoms with Crippen molar-refractivity contribution in [3.63, 3.8) is 0 Å². The molecule has 0 saturated carbocycles. The molecule has 0 aliphatic heterocycles. The largest absolute Gasteiger partial charge is 0.497 e. The highest BCUT2D eigenvalue weighted by Gasteiger charge is 2.15. The van der Waals surface area contributed by atoms with Gasteiger partial charge in [0.2, 0.25) is 0 Å². The molecule has 1 amide bonds. The van der Waals surface area contributed by atoms with Crippen molar-refractivity contribution in [3.8, 4) is 5.75 Å². The first-order valence-corrected chi connectivity index (χ1v) is 8.68. The maximum Gasteiger partial charge on any atom is 0.258 e. The van der Waals surface area contributed by atoms with Crippen LogP contribution < -0.4 is 10.1 Å². The standard InChI is InChI=1S/C19H14FN3O2S/c1-10-7-14(13-5-3-11(20)8-16(13)21-10)18(24)23-19-22-15-6-4-12(25-2)9-17(15)26-19/h3-9H,1-2H3,(H,22,23,24). The van der Waals surface area contributed by atoms with Gasteiger partial charge in [-0.3, -0.25) is 15.1 Å². The second-order valence-corrected chi connectivity index (χ2v) is 6.81. The maximum atomic E-state index is 13.5. The van der Waals surface area contributed by atoms with Crippen LogP contribution in [0.2, 0.25) is 0 Å². The summed E-state index contributed by atoms with van der Waals surface area (Å²) < 4.78 is 19.6. The third-order valence-electron chi connectivity index (χ3n) is 3.96. The summed E-state index contributed by atoms with van der Waals surface area (Å²) >= 11 is 1.36. The Morgan fingerprint density at radius 3 is 2.77 bits per heavy atom. The third kappa shape index (κ3) is 2.97. The van der Waals surface area contributed by atoms with Crippen molar-refractivity contribution in [2.45, 2.75) is 6.92 Å². The van der Waals surface area contributed by atoms with Crippen molar-refractivity contribution in [3.05, 3.63) is 59.5 Å². The molecule has 26 heavy (non-hydrogen) atoms. The predicted octanol–water partition coefficient (Wildman–Crippen LogP) is 4.55. The number of aryl methyl sites for hydroxylation is 1. The van der Waals surface area contributed by atoms with Crippen molar-refractivity contribution in [1.82, 2.24) is 9.97 Å². The third-order valence-corrected chi connectivity index (χ3v) is 4.89. The Hall–Kier alpha value is -3.06. The summed E-state index contributed by atoms with van der Waals surface area (Å²) in [5, 5.41) is 3.91. The van der Waals surface area contributed by atoms with Crippen LogP contribution in [0, 0.1) is 12.7 Å². The van der Waals surface area contributed by atoms with E-state index in [0.29, 0.717) is 27.3 Å². The van der Waals surface area contributed by atoms with Crippen LogP contribution in [-0.4, -0.2) is 23.0 Å². The molecule has 2 aromatic carbocycles. The van der Waals surface area contributed by atoms with E-state index in [1.54, 1.807) is 26.2 Å². The molecular weight excluding hydrogens is 353 g/mol. The SMILES string of the molecule is COc1ccc2nc(NC(=O)c3cc(C)nc4cc(F)ccc34)sc2c1. The number of hydrogen-bond donors (Lipinski definition) is 1. The topological polar surface area (TPSA) is 64.1 Å². The van der Waals surface area contributed by atoms with Gasteiger partial charge in [-0.1, -0.05) is 11.3 Å². The maximum absolute atomic E-state index is 13.5. The number of pyridine rings is 1. The van der Waals surface area contributed by atoms with Crippen LogP contribution in [-0.2, 0) is 0 Å². The molecule has 130 valence electrons. The quantitative estimate of drug-likeness (QED) is 0.577. The van der Waals surface area contributed by atoms with Gasteiger partial charge >= 0.3 is 0 Å². The molecule has 0 fully saturated rings. The number of halogens is 1. The minimum atomic E-state index is -0.387. The van der Waals surface area contributed by atoms with Crippen LogP contribution in [0.15, 0.2) is 42.5 Å². The van der Waals surface area contributed by atoms with Gasteiger partial charge in [0.25, 0.3) is 5.91 Å². The van der Waals surface area contributed by atoms with E-state index in [1.165, 1.54) is 23.5 Å². The summed E-state index contributed by atoms with van der Waals surface area (Å²) in [6.45, 7) is 1.77. The lowest BCUT2D eigenvalue weighted by Gasteiger charge is -2.07. The van der Waals surface area contributed by atoms with Gasteiger partial charge in [-0.2, -0.15) is 0 Å². The van der Waals surface area contributed by atoms with E-state index in [0.717, 1.165) is 16.0 Å². The molecule has 0 radical (unpaired) electrons. The number of aromatic nitrogens is 2. The molecule has 0 atom stereocenters. The number of methoxy groups -OCH3 is 1. The molecule has 0 aliphatic rings. The molecular formula is C19H14FN3O2S. The Labute approximate surface area is 152 Å². The molecule has 0 saturated heterocycles. The molecule has 0 bridgehead atoms. The van der Waals surface area contributed by atoms with Crippen molar-refractivity contribution in [2.24, 2.45) is 0 Å². The Morgan fingerprint density at radius 2 is 1.96 bits per heavy atom. The molecule has 5 nitrogen and oxygen atoms in total. The van der Waals surface area contributed by atoms with Gasteiger partial charge in [0.05, 0.1) is 28.4 Å². The number of thiazole rings is 1. The molecule has 0 aliphatic carbocycles. The van der Waals surface area contributed by atoms with E-state index in [4.69, 9.17) is 4.74 Å². The van der Waals surface area contributed by atoms with Gasteiger partial charge in [-0.05, 0) is 43.3 Å². The van der Waals surface area contributed by atoms with E-state index < -0.39 is 0 Å². The van der Waals surface area contributed by atoms with E-state index in [-0.39, 0.29) is 11.7 Å². The summed E-state index contributed by atoms with van der Waals surface area (Å²) in [5.74, 6) is 0.0389. The number of rotatable bonds is 3. The Balaban J connectivity index is 1.71. The van der Waals surface area contributed by atoms with Crippen LogP contribution in [0.1, 0.15) is 16.1 Å². The lowest BCUT2D eigenvalue weighted by Crippen LogP contribution is -2.13. The number of hydrogen-bond acceptors (Lipinski definition) is 5. The van der Waals surface area contributed by atoms with E-state index in [1.807, 2.05) is 18.2 Å². The number of anilines is 1. The summed E-state index contributed by atoms with van der Waals surface area (Å²) in [5.41, 5.74) is 2.31. The zero-order chi connectivity index (χ0) is 18.3. The number of carbonyl (C=O) groups excluding carboxylic acids is 1. The minimum absolute atomic E-state index is 0.307. The average molecular weight is 367 g/mol. The van der Waals surface area contributed by atoms with Crippen LogP contribution in [0.25, 0.3) is 21.1 Å². The molecule has 1 N–H and O–H groups in total. The summed E-state index contributed by atoms with van der Waals surface area (Å²) in [4.78, 5) is 21.5. The second-order valence-electron chi connectivity index (χ2n) is 5.78. The van der Waals surface area contributed by atoms with Crippen LogP contribution in [0.5, 0.6) is 5.75 Å². The molecule has 4 rings (SSSR count). The highest BCUT2D eigenvalue weighted by Crippen LogP contribution is 2.30. The van der Waals surface area contributed by atoms with Crippen molar-refractivity contribution < 1.29 is 13.9 Å². The molecule has 7 heteroatoms. The summed E-state index contributed by atoms with van der Waals surface area (Å²) in [6, 6.07) is 11.4. The highest BCUT2D eigenvalue weighted by molar-refractivity contribution is 7.22. The summed E-state index contributed by atoms with van der Waals surface area (Å²) in [7, 11) is 1.60. The van der Waals surface area contributed by atoms with Gasteiger partial charge in [0.15, 0.2) is 5.13 Å². The first kappa shape index (κ1) is 16.4. The van der Waals surface area contributed by atoms with Gasteiger partial charge in [0.1, 0.15) is 11.6 Å². The first-order valence-electron chi connectivity index (χ1n) is 7.86. The molecule has 2 heterocycles. The number of benzene rings is 2. The average Bonchev–Trinajstić information content (AvgIpc) is 3.01. The zero-order valence-corrected chi connectivity index (χ0v) is 14.9. The van der Waals surface area contributed by atoms with Gasteiger partial charge < -0.3 is 4.74 Å². The second kappa shape index (κ2) is 6.34. The number of fused-ring (bicyclic) bond motifs is 2. The molecule has 0 unspecified atom stereocenters. The van der Waals surface area contributed by atoms with Gasteiger partial charge in [-0.15, -0.1) is 0 Å². The number of amides is 1. The molecule has 0 spiro atoms. The highest BCUT2D eigenvalue weighted by atomic mass is 32.1. The molecule has 4 aromatic rings. The smallest absolute Gasteiger partial charge is 0.258 e. The number of ether oxygens (including phenoxy) is 1. The van der Waals surface area contributed by atoms with Gasteiger partial charge in [-0.25, -0.2) is 9.37 Å². The van der Waals surface area contributed by atoms with Crippen LogP contribution in [0.3, 0.4) is 0 Å². The fourth-order valence-electron chi connectivity index (χ4n) is 2.77. The van der Waals surface area contributed by atoms with E-state index in [2.05, 4.69) is 15.3 Å². The van der Waals surface area contributed by atoms with E-state index in [9.17, 15) is 9.18 Å². The zero-order valence-electron chi connectivity index (χ0n) is 14.0. The fraction of sp³-hybridized carbons (Fsp3) is 0.105. The first-order chi connectivity index (χ1) is 12.5. The van der Waals surface area contributed by atoms with Crippen molar-refractivity contribution in [1.29, 1.82) is 0 Å². The lowest BCUT2D eigenvalue weighted by atomic mass is 10.1. The van der Waals surface area contributed by atoms with E-state index >= 15 is 0 Å². The minimum Gasteiger partial charge on any atom is -0.497 e. The number of carbonyl (C=O) groups is 1. The predicted molar refractivity (Wildman–Crippen MR) is 101 cm³/mol. The van der Waals surface area contributed by atoms with Gasteiger partial charge in [0, 0.05) is 17.1 Å². The van der Waals surface area contributed by atoms with Crippen LogP contribution >= 0.6 is 11.3 Å². The Bertz CT molecular complexity index is 1150. The number of nitrogens with zero attached hydrogens (tertiary/aromatic N) is 2. The Kier molecular flexibility index (Phi) is 4.00. The van der Waals surface area contributed by atoms with Crippen LogP contribution in [0.4, 0.5) is 9.52 Å². The van der Waals surface area contributed by atoms with Crippen molar-refractivity contribution in [2.75, 3.05) is 12.4 Å². The summed E-state index contributed by atoms with van der Waals surface area (Å²) in [6.07, 6.45) is 0. The Morgan fingerprint density at radius 1 is 1.12 bits per heavy atom. The normalized spacial score (nSPS) is 11.0. The monoisotopic (exact) mass is 367 g/mol. The number of nitrogens with one attached hydrogen (secondary N) is 1. The lowest BCUT2D eigenvalue weighted by molar-refractivity contribution is 0.102. The molecule has 2 aromatic heterocycles.